The molecule has 1 aliphatic heterocycles. The highest BCUT2D eigenvalue weighted by molar-refractivity contribution is 5.36. The molecule has 0 saturated heterocycles. The van der Waals surface area contributed by atoms with Crippen LogP contribution >= 0.6 is 0 Å². The van der Waals surface area contributed by atoms with Crippen molar-refractivity contribution in [1.29, 1.82) is 0 Å². The van der Waals surface area contributed by atoms with Gasteiger partial charge in [0.05, 0.1) is 0 Å². The molecule has 20 heavy (non-hydrogen) atoms. The first-order valence-electron chi connectivity index (χ1n) is 7.61. The summed E-state index contributed by atoms with van der Waals surface area (Å²) in [6.45, 7) is 5.53. The summed E-state index contributed by atoms with van der Waals surface area (Å²) in [5, 5.41) is 3.69. The van der Waals surface area contributed by atoms with E-state index in [9.17, 15) is 0 Å². The van der Waals surface area contributed by atoms with Crippen LogP contribution in [0.25, 0.3) is 0 Å². The van der Waals surface area contributed by atoms with Crippen LogP contribution in [-0.4, -0.2) is 6.04 Å². The Morgan fingerprint density at radius 1 is 1.05 bits per heavy atom. The van der Waals surface area contributed by atoms with Crippen molar-refractivity contribution in [2.75, 3.05) is 0 Å². The minimum absolute atomic E-state index is 0.565. The normalized spacial score (nSPS) is 18.1. The highest BCUT2D eigenvalue weighted by atomic mass is 14.9. The van der Waals surface area contributed by atoms with E-state index in [1.54, 1.807) is 0 Å². The van der Waals surface area contributed by atoms with Crippen LogP contribution in [0.15, 0.2) is 48.5 Å². The third-order valence-electron chi connectivity index (χ3n) is 4.27. The summed E-state index contributed by atoms with van der Waals surface area (Å²) < 4.78 is 0. The standard InChI is InChI=1S/C19H23N/c1-14(2)16-8-9-17-12-19(20-13-18(17)11-16)10-15-6-4-3-5-7-15/h3-9,11,14,19-20H,10,12-13H2,1-2H3. The van der Waals surface area contributed by atoms with Crippen molar-refractivity contribution in [3.63, 3.8) is 0 Å². The fraction of sp³-hybridized carbons (Fsp3) is 0.368. The van der Waals surface area contributed by atoms with E-state index in [1.807, 2.05) is 0 Å². The van der Waals surface area contributed by atoms with Crippen LogP contribution in [0, 0.1) is 0 Å². The van der Waals surface area contributed by atoms with Gasteiger partial charge in [-0.3, -0.25) is 0 Å². The minimum Gasteiger partial charge on any atom is -0.309 e. The third-order valence-corrected chi connectivity index (χ3v) is 4.27. The lowest BCUT2D eigenvalue weighted by molar-refractivity contribution is 0.476. The third kappa shape index (κ3) is 2.94. The summed E-state index contributed by atoms with van der Waals surface area (Å²) in [5.74, 6) is 0.613. The van der Waals surface area contributed by atoms with Crippen LogP contribution in [0.5, 0.6) is 0 Å². The van der Waals surface area contributed by atoms with E-state index in [0.717, 1.165) is 19.4 Å². The Bertz CT molecular complexity index is 572. The van der Waals surface area contributed by atoms with E-state index in [4.69, 9.17) is 0 Å². The molecule has 1 N–H and O–H groups in total. The van der Waals surface area contributed by atoms with Crippen LogP contribution in [0.3, 0.4) is 0 Å². The summed E-state index contributed by atoms with van der Waals surface area (Å²) in [6.07, 6.45) is 2.26. The highest BCUT2D eigenvalue weighted by Gasteiger charge is 2.18. The van der Waals surface area contributed by atoms with Gasteiger partial charge in [0.2, 0.25) is 0 Å². The van der Waals surface area contributed by atoms with Gasteiger partial charge >= 0.3 is 0 Å². The summed E-state index contributed by atoms with van der Waals surface area (Å²) >= 11 is 0. The molecule has 0 fully saturated rings. The molecule has 1 heteroatoms. The second-order valence-corrected chi connectivity index (χ2v) is 6.15. The van der Waals surface area contributed by atoms with Crippen molar-refractivity contribution in [2.24, 2.45) is 0 Å². The van der Waals surface area contributed by atoms with Gasteiger partial charge in [-0.05, 0) is 41.0 Å². The zero-order valence-electron chi connectivity index (χ0n) is 12.4. The SMILES string of the molecule is CC(C)c1ccc2c(c1)CNC(Cc1ccccc1)C2. The van der Waals surface area contributed by atoms with E-state index in [2.05, 4.69) is 67.7 Å². The maximum atomic E-state index is 3.69. The molecule has 1 nitrogen and oxygen atoms in total. The largest absolute Gasteiger partial charge is 0.309 e. The molecule has 0 aromatic heterocycles. The number of benzene rings is 2. The van der Waals surface area contributed by atoms with Crippen molar-refractivity contribution in [1.82, 2.24) is 5.32 Å². The molecule has 0 bridgehead atoms. The van der Waals surface area contributed by atoms with Gasteiger partial charge in [0, 0.05) is 12.6 Å². The van der Waals surface area contributed by atoms with Crippen molar-refractivity contribution in [2.45, 2.75) is 45.2 Å². The Hall–Kier alpha value is -1.60. The fourth-order valence-corrected chi connectivity index (χ4v) is 3.00. The first-order chi connectivity index (χ1) is 9.72. The van der Waals surface area contributed by atoms with Crippen LogP contribution < -0.4 is 5.32 Å². The molecule has 1 aliphatic rings. The molecule has 2 aromatic rings. The van der Waals surface area contributed by atoms with Crippen molar-refractivity contribution >= 4 is 0 Å². The molecule has 104 valence electrons. The van der Waals surface area contributed by atoms with Gasteiger partial charge in [0.1, 0.15) is 0 Å². The van der Waals surface area contributed by atoms with Crippen LogP contribution in [0.1, 0.15) is 42.0 Å². The van der Waals surface area contributed by atoms with Gasteiger partial charge in [-0.25, -0.2) is 0 Å². The van der Waals surface area contributed by atoms with Crippen molar-refractivity contribution in [3.8, 4) is 0 Å². The molecule has 0 saturated carbocycles. The van der Waals surface area contributed by atoms with Gasteiger partial charge in [-0.1, -0.05) is 62.4 Å². The van der Waals surface area contributed by atoms with Crippen LogP contribution in [0.4, 0.5) is 0 Å². The number of fused-ring (bicyclic) bond motifs is 1. The van der Waals surface area contributed by atoms with E-state index in [1.165, 1.54) is 22.3 Å². The lowest BCUT2D eigenvalue weighted by Gasteiger charge is -2.27. The van der Waals surface area contributed by atoms with E-state index >= 15 is 0 Å². The fourth-order valence-electron chi connectivity index (χ4n) is 3.00. The molecule has 0 radical (unpaired) electrons. The minimum atomic E-state index is 0.565. The average Bonchev–Trinajstić information content (AvgIpc) is 2.47. The second-order valence-electron chi connectivity index (χ2n) is 6.15. The molecule has 0 spiro atoms. The first kappa shape index (κ1) is 13.4. The zero-order valence-corrected chi connectivity index (χ0v) is 12.4. The van der Waals surface area contributed by atoms with E-state index in [0.29, 0.717) is 12.0 Å². The van der Waals surface area contributed by atoms with E-state index in [-0.39, 0.29) is 0 Å². The van der Waals surface area contributed by atoms with Crippen LogP contribution in [0.2, 0.25) is 0 Å². The number of hydrogen-bond donors (Lipinski definition) is 1. The van der Waals surface area contributed by atoms with Gasteiger partial charge < -0.3 is 5.32 Å². The Morgan fingerprint density at radius 3 is 2.60 bits per heavy atom. The summed E-state index contributed by atoms with van der Waals surface area (Å²) in [5.41, 5.74) is 5.88. The predicted octanol–water partition coefficient (Wildman–Crippen LogP) is 4.07. The van der Waals surface area contributed by atoms with Crippen molar-refractivity contribution < 1.29 is 0 Å². The summed E-state index contributed by atoms with van der Waals surface area (Å²) in [4.78, 5) is 0. The monoisotopic (exact) mass is 265 g/mol. The predicted molar refractivity (Wildman–Crippen MR) is 85.0 cm³/mol. The van der Waals surface area contributed by atoms with Gasteiger partial charge in [0.15, 0.2) is 0 Å². The number of nitrogens with one attached hydrogen (secondary N) is 1. The molecule has 0 amide bonds. The smallest absolute Gasteiger partial charge is 0.0211 e. The van der Waals surface area contributed by atoms with Gasteiger partial charge in [0.25, 0.3) is 0 Å². The topological polar surface area (TPSA) is 12.0 Å². The van der Waals surface area contributed by atoms with Crippen molar-refractivity contribution in [3.05, 3.63) is 70.8 Å². The van der Waals surface area contributed by atoms with Gasteiger partial charge in [-0.2, -0.15) is 0 Å². The van der Waals surface area contributed by atoms with E-state index < -0.39 is 0 Å². The number of hydrogen-bond acceptors (Lipinski definition) is 1. The molecule has 0 aliphatic carbocycles. The maximum absolute atomic E-state index is 3.69. The summed E-state index contributed by atoms with van der Waals surface area (Å²) in [6, 6.07) is 18.4. The lowest BCUT2D eigenvalue weighted by Crippen LogP contribution is -2.37. The molecule has 1 atom stereocenters. The molecular weight excluding hydrogens is 242 g/mol. The molecule has 1 unspecified atom stereocenters. The molecule has 3 rings (SSSR count). The number of rotatable bonds is 3. The Labute approximate surface area is 122 Å². The molecule has 1 heterocycles. The second kappa shape index (κ2) is 5.80. The lowest BCUT2D eigenvalue weighted by atomic mass is 9.89. The Kier molecular flexibility index (Phi) is 3.88. The maximum Gasteiger partial charge on any atom is 0.0211 e. The first-order valence-corrected chi connectivity index (χ1v) is 7.61. The summed E-state index contributed by atoms with van der Waals surface area (Å²) in [7, 11) is 0. The Morgan fingerprint density at radius 2 is 1.85 bits per heavy atom. The quantitative estimate of drug-likeness (QED) is 0.882. The highest BCUT2D eigenvalue weighted by Crippen LogP contribution is 2.23. The average molecular weight is 265 g/mol. The molecular formula is C19H23N. The Balaban J connectivity index is 1.72. The van der Waals surface area contributed by atoms with Crippen LogP contribution in [-0.2, 0) is 19.4 Å². The zero-order chi connectivity index (χ0) is 13.9. The molecule has 2 aromatic carbocycles. The van der Waals surface area contributed by atoms with Gasteiger partial charge in [-0.15, -0.1) is 0 Å².